The quantitative estimate of drug-likeness (QED) is 0.842. The van der Waals surface area contributed by atoms with Crippen LogP contribution in [0.3, 0.4) is 0 Å². The Morgan fingerprint density at radius 1 is 1.18 bits per heavy atom. The van der Waals surface area contributed by atoms with Crippen molar-refractivity contribution in [1.29, 1.82) is 0 Å². The van der Waals surface area contributed by atoms with E-state index in [1.165, 1.54) is 43.5 Å². The maximum Gasteiger partial charge on any atom is 0.120 e. The maximum atomic E-state index is 4.73. The molecule has 96 valence electrons. The second kappa shape index (κ2) is 6.20. The average Bonchev–Trinajstić information content (AvgIpc) is 2.60. The highest BCUT2D eigenvalue weighted by molar-refractivity contribution is 5.16. The van der Waals surface area contributed by atoms with E-state index in [-0.39, 0.29) is 0 Å². The number of imidazole rings is 1. The number of nitrogens with zero attached hydrogens (tertiary/aromatic N) is 1. The molecule has 0 aromatic carbocycles. The van der Waals surface area contributed by atoms with E-state index in [1.54, 1.807) is 0 Å². The van der Waals surface area contributed by atoms with Crippen molar-refractivity contribution in [1.82, 2.24) is 15.3 Å². The Bertz CT molecular complexity index is 316. The van der Waals surface area contributed by atoms with Gasteiger partial charge < -0.3 is 10.3 Å². The van der Waals surface area contributed by atoms with Gasteiger partial charge in [0.2, 0.25) is 0 Å². The fourth-order valence-electron chi connectivity index (χ4n) is 2.43. The molecule has 2 rings (SSSR count). The molecule has 3 nitrogen and oxygen atoms in total. The molecule has 0 amide bonds. The maximum absolute atomic E-state index is 4.73. The number of H-pyrrole nitrogens is 1. The van der Waals surface area contributed by atoms with E-state index in [9.17, 15) is 0 Å². The molecular weight excluding hydrogens is 210 g/mol. The summed E-state index contributed by atoms with van der Waals surface area (Å²) in [6, 6.07) is 0. The highest BCUT2D eigenvalue weighted by Gasteiger charge is 2.11. The number of rotatable bonds is 4. The van der Waals surface area contributed by atoms with Crippen molar-refractivity contribution in [3.05, 3.63) is 17.2 Å². The number of fused-ring (bicyclic) bond motifs is 1. The minimum atomic E-state index is 0.700. The molecule has 0 bridgehead atoms. The van der Waals surface area contributed by atoms with Crippen LogP contribution in [-0.4, -0.2) is 16.5 Å². The lowest BCUT2D eigenvalue weighted by Crippen LogP contribution is -2.19. The second-order valence-corrected chi connectivity index (χ2v) is 5.55. The van der Waals surface area contributed by atoms with Gasteiger partial charge >= 0.3 is 0 Å². The fraction of sp³-hybridized carbons (Fsp3) is 0.786. The van der Waals surface area contributed by atoms with Gasteiger partial charge in [0.05, 0.1) is 12.2 Å². The molecule has 1 aromatic heterocycles. The molecule has 17 heavy (non-hydrogen) atoms. The Kier molecular flexibility index (Phi) is 4.60. The molecular formula is C14H25N3. The van der Waals surface area contributed by atoms with Crippen molar-refractivity contribution in [2.24, 2.45) is 5.92 Å². The summed E-state index contributed by atoms with van der Waals surface area (Å²) >= 11 is 0. The molecule has 0 saturated heterocycles. The summed E-state index contributed by atoms with van der Waals surface area (Å²) in [5, 5.41) is 3.45. The Balaban J connectivity index is 1.92. The van der Waals surface area contributed by atoms with Crippen LogP contribution in [0.4, 0.5) is 0 Å². The van der Waals surface area contributed by atoms with Crippen molar-refractivity contribution in [2.45, 2.75) is 58.9 Å². The third kappa shape index (κ3) is 3.84. The van der Waals surface area contributed by atoms with Gasteiger partial charge in [-0.3, -0.25) is 0 Å². The van der Waals surface area contributed by atoms with Gasteiger partial charge in [-0.1, -0.05) is 26.7 Å². The molecule has 0 saturated carbocycles. The summed E-state index contributed by atoms with van der Waals surface area (Å²) in [5.74, 6) is 1.82. The van der Waals surface area contributed by atoms with E-state index in [2.05, 4.69) is 24.1 Å². The van der Waals surface area contributed by atoms with Gasteiger partial charge in [0.15, 0.2) is 0 Å². The third-order valence-corrected chi connectivity index (χ3v) is 3.35. The molecule has 2 N–H and O–H groups in total. The molecule has 1 heterocycles. The molecule has 1 aliphatic carbocycles. The zero-order valence-electron chi connectivity index (χ0n) is 11.2. The van der Waals surface area contributed by atoms with Crippen molar-refractivity contribution < 1.29 is 0 Å². The van der Waals surface area contributed by atoms with Crippen LogP contribution in [0.1, 0.15) is 56.7 Å². The van der Waals surface area contributed by atoms with Crippen molar-refractivity contribution in [3.8, 4) is 0 Å². The summed E-state index contributed by atoms with van der Waals surface area (Å²) in [5.41, 5.74) is 2.72. The van der Waals surface area contributed by atoms with E-state index in [4.69, 9.17) is 4.98 Å². The largest absolute Gasteiger partial charge is 0.345 e. The highest BCUT2D eigenvalue weighted by atomic mass is 15.0. The molecule has 0 aliphatic heterocycles. The summed E-state index contributed by atoms with van der Waals surface area (Å²) in [6.07, 6.45) is 7.71. The van der Waals surface area contributed by atoms with Crippen LogP contribution in [0.2, 0.25) is 0 Å². The van der Waals surface area contributed by atoms with Crippen LogP contribution in [-0.2, 0) is 19.4 Å². The van der Waals surface area contributed by atoms with Gasteiger partial charge in [-0.05, 0) is 38.1 Å². The van der Waals surface area contributed by atoms with E-state index in [0.29, 0.717) is 5.92 Å². The van der Waals surface area contributed by atoms with Crippen LogP contribution < -0.4 is 5.32 Å². The lowest BCUT2D eigenvalue weighted by Gasteiger charge is -2.06. The molecule has 0 fully saturated rings. The van der Waals surface area contributed by atoms with Crippen LogP contribution in [0.5, 0.6) is 0 Å². The van der Waals surface area contributed by atoms with Gasteiger partial charge in [0, 0.05) is 5.69 Å². The first-order valence-corrected chi connectivity index (χ1v) is 7.03. The molecule has 0 unspecified atom stereocenters. The first-order chi connectivity index (χ1) is 8.25. The Morgan fingerprint density at radius 2 is 1.94 bits per heavy atom. The van der Waals surface area contributed by atoms with Gasteiger partial charge in [-0.15, -0.1) is 0 Å². The number of aromatic amines is 1. The number of hydrogen-bond acceptors (Lipinski definition) is 2. The van der Waals surface area contributed by atoms with E-state index in [0.717, 1.165) is 25.3 Å². The van der Waals surface area contributed by atoms with Crippen molar-refractivity contribution in [3.63, 3.8) is 0 Å². The van der Waals surface area contributed by atoms with E-state index < -0.39 is 0 Å². The zero-order valence-corrected chi connectivity index (χ0v) is 11.2. The van der Waals surface area contributed by atoms with Crippen molar-refractivity contribution >= 4 is 0 Å². The lowest BCUT2D eigenvalue weighted by atomic mass is 10.0. The molecule has 1 aliphatic rings. The van der Waals surface area contributed by atoms with E-state index >= 15 is 0 Å². The first kappa shape index (κ1) is 12.6. The summed E-state index contributed by atoms with van der Waals surface area (Å²) in [4.78, 5) is 8.23. The Hall–Kier alpha value is -0.830. The molecule has 1 aromatic rings. The number of hydrogen-bond donors (Lipinski definition) is 2. The monoisotopic (exact) mass is 235 g/mol. The summed E-state index contributed by atoms with van der Waals surface area (Å²) < 4.78 is 0. The smallest absolute Gasteiger partial charge is 0.120 e. The van der Waals surface area contributed by atoms with E-state index in [1.807, 2.05) is 0 Å². The predicted octanol–water partition coefficient (Wildman–Crippen LogP) is 2.81. The number of aryl methyl sites for hydroxylation is 2. The minimum Gasteiger partial charge on any atom is -0.345 e. The topological polar surface area (TPSA) is 40.7 Å². The van der Waals surface area contributed by atoms with Crippen LogP contribution >= 0.6 is 0 Å². The van der Waals surface area contributed by atoms with Gasteiger partial charge in [-0.25, -0.2) is 4.98 Å². The van der Waals surface area contributed by atoms with Gasteiger partial charge in [-0.2, -0.15) is 0 Å². The summed E-state index contributed by atoms with van der Waals surface area (Å²) in [7, 11) is 0. The number of aromatic nitrogens is 2. The Labute approximate surface area is 104 Å². The second-order valence-electron chi connectivity index (χ2n) is 5.55. The normalized spacial score (nSPS) is 16.6. The fourth-order valence-corrected chi connectivity index (χ4v) is 2.43. The van der Waals surface area contributed by atoms with Gasteiger partial charge in [0.1, 0.15) is 5.82 Å². The van der Waals surface area contributed by atoms with Crippen LogP contribution in [0.15, 0.2) is 0 Å². The SMILES string of the molecule is CC(C)CNCc1nc2c([nH]1)CCCCCC2. The minimum absolute atomic E-state index is 0.700. The lowest BCUT2D eigenvalue weighted by molar-refractivity contribution is 0.544. The zero-order chi connectivity index (χ0) is 12.1. The highest BCUT2D eigenvalue weighted by Crippen LogP contribution is 2.18. The first-order valence-electron chi connectivity index (χ1n) is 7.03. The standard InChI is InChI=1S/C14H25N3/c1-11(2)9-15-10-14-16-12-7-5-3-4-6-8-13(12)17-14/h11,15H,3-10H2,1-2H3,(H,16,17). The van der Waals surface area contributed by atoms with Crippen LogP contribution in [0, 0.1) is 5.92 Å². The molecule has 0 atom stereocenters. The molecule has 0 radical (unpaired) electrons. The van der Waals surface area contributed by atoms with Gasteiger partial charge in [0.25, 0.3) is 0 Å². The molecule has 3 heteroatoms. The number of nitrogens with one attached hydrogen (secondary N) is 2. The molecule has 0 spiro atoms. The third-order valence-electron chi connectivity index (χ3n) is 3.35. The van der Waals surface area contributed by atoms with Crippen molar-refractivity contribution in [2.75, 3.05) is 6.54 Å². The Morgan fingerprint density at radius 3 is 2.71 bits per heavy atom. The average molecular weight is 235 g/mol. The van der Waals surface area contributed by atoms with Crippen LogP contribution in [0.25, 0.3) is 0 Å². The predicted molar refractivity (Wildman–Crippen MR) is 71.0 cm³/mol. The summed E-state index contributed by atoms with van der Waals surface area (Å²) in [6.45, 7) is 6.40.